The Balaban J connectivity index is 1.64. The molecule has 0 amide bonds. The number of carboxylic acids is 1. The fraction of sp³-hybridized carbons (Fsp3) is 0.500. The molecule has 3 aromatic rings. The molecular formula is C28H33F5N6O2S. The first-order valence-corrected chi connectivity index (χ1v) is 14.5. The third kappa shape index (κ3) is 7.78. The van der Waals surface area contributed by atoms with Crippen molar-refractivity contribution in [1.29, 1.82) is 0 Å². The van der Waals surface area contributed by atoms with Crippen molar-refractivity contribution in [3.63, 3.8) is 0 Å². The highest BCUT2D eigenvalue weighted by Crippen LogP contribution is 2.36. The van der Waals surface area contributed by atoms with Gasteiger partial charge in [0.15, 0.2) is 11.6 Å². The summed E-state index contributed by atoms with van der Waals surface area (Å²) in [5.74, 6) is -1.99. The zero-order chi connectivity index (χ0) is 30.6. The number of alkyl halides is 3. The molecule has 1 fully saturated rings. The molecular weight excluding hydrogens is 579 g/mol. The largest absolute Gasteiger partial charge is 0.481 e. The molecule has 0 spiro atoms. The summed E-state index contributed by atoms with van der Waals surface area (Å²) in [6.07, 6.45) is -4.71. The summed E-state index contributed by atoms with van der Waals surface area (Å²) >= 11 is 1.24. The number of hydrogen-bond donors (Lipinski definition) is 1. The maximum atomic E-state index is 15.8. The van der Waals surface area contributed by atoms with Crippen LogP contribution in [0.1, 0.15) is 47.2 Å². The number of carbonyl (C=O) groups is 1. The number of aliphatic carboxylic acids is 1. The van der Waals surface area contributed by atoms with Gasteiger partial charge in [-0.1, -0.05) is 13.8 Å². The molecule has 4 rings (SSSR count). The third-order valence-electron chi connectivity index (χ3n) is 7.15. The van der Waals surface area contributed by atoms with Gasteiger partial charge in [-0.05, 0) is 38.2 Å². The highest BCUT2D eigenvalue weighted by atomic mass is 32.1. The fourth-order valence-corrected chi connectivity index (χ4v) is 5.99. The number of thiazole rings is 1. The van der Waals surface area contributed by atoms with E-state index in [1.54, 1.807) is 11.8 Å². The number of aryl methyl sites for hydroxylation is 1. The van der Waals surface area contributed by atoms with Crippen LogP contribution in [0.5, 0.6) is 0 Å². The number of halogens is 5. The maximum Gasteiger partial charge on any atom is 0.416 e. The average Bonchev–Trinajstić information content (AvgIpc) is 3.33. The quantitative estimate of drug-likeness (QED) is 0.295. The van der Waals surface area contributed by atoms with E-state index in [0.29, 0.717) is 74.1 Å². The molecule has 0 bridgehead atoms. The van der Waals surface area contributed by atoms with E-state index in [4.69, 9.17) is 5.11 Å². The van der Waals surface area contributed by atoms with Crippen molar-refractivity contribution >= 4 is 23.1 Å². The summed E-state index contributed by atoms with van der Waals surface area (Å²) in [4.78, 5) is 30.6. The van der Waals surface area contributed by atoms with Crippen molar-refractivity contribution in [2.45, 2.75) is 46.3 Å². The number of piperazine rings is 1. The number of benzene rings is 1. The number of carboxylic acid groups (broad SMARTS) is 1. The molecule has 0 radical (unpaired) electrons. The predicted molar refractivity (Wildman–Crippen MR) is 150 cm³/mol. The van der Waals surface area contributed by atoms with E-state index in [0.717, 1.165) is 12.1 Å². The van der Waals surface area contributed by atoms with E-state index < -0.39 is 29.3 Å². The van der Waals surface area contributed by atoms with Crippen molar-refractivity contribution < 1.29 is 31.9 Å². The van der Waals surface area contributed by atoms with Gasteiger partial charge in [0.2, 0.25) is 0 Å². The Morgan fingerprint density at radius 3 is 2.36 bits per heavy atom. The lowest BCUT2D eigenvalue weighted by Crippen LogP contribution is -2.47. The van der Waals surface area contributed by atoms with Gasteiger partial charge in [-0.15, -0.1) is 11.3 Å². The minimum absolute atomic E-state index is 0.00720. The highest BCUT2D eigenvalue weighted by Gasteiger charge is 2.32. The van der Waals surface area contributed by atoms with Crippen LogP contribution in [-0.4, -0.2) is 81.6 Å². The molecule has 0 aliphatic carbocycles. The van der Waals surface area contributed by atoms with Gasteiger partial charge < -0.3 is 10.0 Å². The summed E-state index contributed by atoms with van der Waals surface area (Å²) in [5, 5.41) is 9.37. The van der Waals surface area contributed by atoms with Crippen LogP contribution in [0.3, 0.4) is 0 Å². The van der Waals surface area contributed by atoms with E-state index in [-0.39, 0.29) is 35.6 Å². The van der Waals surface area contributed by atoms with E-state index >= 15 is 4.39 Å². The lowest BCUT2D eigenvalue weighted by atomic mass is 10.1. The van der Waals surface area contributed by atoms with Crippen molar-refractivity contribution in [3.05, 3.63) is 56.8 Å². The Kier molecular flexibility index (Phi) is 10.1. The van der Waals surface area contributed by atoms with Crippen LogP contribution in [0, 0.1) is 18.6 Å². The van der Waals surface area contributed by atoms with Crippen molar-refractivity contribution in [1.82, 2.24) is 24.8 Å². The average molecular weight is 613 g/mol. The monoisotopic (exact) mass is 612 g/mol. The van der Waals surface area contributed by atoms with Crippen LogP contribution in [-0.2, 0) is 23.9 Å². The molecule has 3 heterocycles. The van der Waals surface area contributed by atoms with E-state index in [1.807, 2.05) is 18.7 Å². The number of rotatable bonds is 11. The number of aromatic nitrogens is 3. The number of hydrogen-bond acceptors (Lipinski definition) is 8. The van der Waals surface area contributed by atoms with Gasteiger partial charge in [-0.3, -0.25) is 14.6 Å². The molecule has 2 aromatic heterocycles. The SMILES string of the molecule is CCN(CC)Cc1sc(Cc2nc(C)nc(N3CCN(CCC(=O)O)CC3)c2F)nc1-c1cc(F)cc(C(F)(F)F)c1. The predicted octanol–water partition coefficient (Wildman–Crippen LogP) is 5.23. The molecule has 0 unspecified atom stereocenters. The minimum Gasteiger partial charge on any atom is -0.481 e. The fourth-order valence-electron chi connectivity index (χ4n) is 4.86. The van der Waals surface area contributed by atoms with Crippen LogP contribution in [0.15, 0.2) is 18.2 Å². The Morgan fingerprint density at radius 1 is 1.05 bits per heavy atom. The lowest BCUT2D eigenvalue weighted by molar-refractivity contribution is -0.138. The molecule has 1 saturated heterocycles. The van der Waals surface area contributed by atoms with E-state index in [2.05, 4.69) is 19.9 Å². The van der Waals surface area contributed by atoms with Crippen molar-refractivity contribution in [2.75, 3.05) is 50.7 Å². The van der Waals surface area contributed by atoms with Gasteiger partial charge in [0.1, 0.15) is 11.6 Å². The zero-order valence-electron chi connectivity index (χ0n) is 23.6. The summed E-state index contributed by atoms with van der Waals surface area (Å²) in [6.45, 7) is 9.79. The Morgan fingerprint density at radius 2 is 1.74 bits per heavy atom. The van der Waals surface area contributed by atoms with E-state index in [9.17, 15) is 22.4 Å². The summed E-state index contributed by atoms with van der Waals surface area (Å²) in [6, 6.07) is 2.37. The van der Waals surface area contributed by atoms with Gasteiger partial charge in [0.05, 0.1) is 28.4 Å². The van der Waals surface area contributed by atoms with Crippen LogP contribution >= 0.6 is 11.3 Å². The first-order valence-electron chi connectivity index (χ1n) is 13.7. The zero-order valence-corrected chi connectivity index (χ0v) is 24.5. The molecule has 228 valence electrons. The molecule has 42 heavy (non-hydrogen) atoms. The lowest BCUT2D eigenvalue weighted by Gasteiger charge is -2.35. The Bertz CT molecular complexity index is 1400. The molecule has 0 saturated carbocycles. The third-order valence-corrected chi connectivity index (χ3v) is 8.19. The Labute approximate surface area is 244 Å². The second-order valence-corrected chi connectivity index (χ2v) is 11.2. The van der Waals surface area contributed by atoms with Crippen molar-refractivity contribution in [2.24, 2.45) is 0 Å². The summed E-state index contributed by atoms with van der Waals surface area (Å²) in [5.41, 5.74) is -0.759. The van der Waals surface area contributed by atoms with Crippen LogP contribution in [0.2, 0.25) is 0 Å². The molecule has 0 atom stereocenters. The summed E-state index contributed by atoms with van der Waals surface area (Å²) < 4.78 is 70.5. The van der Waals surface area contributed by atoms with Crippen LogP contribution < -0.4 is 4.90 Å². The van der Waals surface area contributed by atoms with Crippen LogP contribution in [0.4, 0.5) is 27.8 Å². The topological polar surface area (TPSA) is 85.7 Å². The Hall–Kier alpha value is -3.23. The summed E-state index contributed by atoms with van der Waals surface area (Å²) in [7, 11) is 0. The molecule has 8 nitrogen and oxygen atoms in total. The second kappa shape index (κ2) is 13.4. The van der Waals surface area contributed by atoms with E-state index in [1.165, 1.54) is 11.3 Å². The smallest absolute Gasteiger partial charge is 0.416 e. The molecule has 1 N–H and O–H groups in total. The highest BCUT2D eigenvalue weighted by molar-refractivity contribution is 7.12. The van der Waals surface area contributed by atoms with Gasteiger partial charge in [-0.2, -0.15) is 13.2 Å². The first kappa shape index (κ1) is 31.7. The maximum absolute atomic E-state index is 15.8. The number of anilines is 1. The van der Waals surface area contributed by atoms with Gasteiger partial charge in [0.25, 0.3) is 0 Å². The first-order chi connectivity index (χ1) is 19.9. The van der Waals surface area contributed by atoms with Crippen LogP contribution in [0.25, 0.3) is 11.3 Å². The molecule has 1 aliphatic rings. The van der Waals surface area contributed by atoms with Crippen molar-refractivity contribution in [3.8, 4) is 11.3 Å². The number of nitrogens with zero attached hydrogens (tertiary/aromatic N) is 6. The second-order valence-electron chi connectivity index (χ2n) is 10.1. The molecule has 1 aromatic carbocycles. The molecule has 14 heteroatoms. The minimum atomic E-state index is -4.73. The van der Waals surface area contributed by atoms with Gasteiger partial charge in [0, 0.05) is 56.1 Å². The normalized spacial score (nSPS) is 14.6. The standard InChI is InChI=1S/C28H33F5N6O2S/c1-4-37(5-2)16-22-26(18-12-19(28(31,32)33)14-20(29)13-18)36-23(42-22)15-21-25(30)27(35-17(3)34-21)39-10-8-38(9-11-39)7-6-24(40)41/h12-14H,4-11,15-16H2,1-3H3,(H,40,41). The van der Waals surface area contributed by atoms with Gasteiger partial charge >= 0.3 is 12.1 Å². The van der Waals surface area contributed by atoms with Gasteiger partial charge in [-0.25, -0.2) is 23.7 Å². The molecule has 1 aliphatic heterocycles.